The molecular formula is C20H20N8O5S3. The summed E-state index contributed by atoms with van der Waals surface area (Å²) in [6, 6.07) is -0.924. The number of nitrogens with zero attached hydrogens (tertiary/aromatic N) is 5. The number of hydrogen-bond acceptors (Lipinski definition) is 13. The maximum absolute atomic E-state index is 13.0. The Morgan fingerprint density at radius 2 is 2.14 bits per heavy atom. The second-order valence-corrected chi connectivity index (χ2v) is 11.0. The summed E-state index contributed by atoms with van der Waals surface area (Å²) in [6.07, 6.45) is 3.76. The largest absolute Gasteiger partial charge is 0.477 e. The van der Waals surface area contributed by atoms with E-state index in [-0.39, 0.29) is 22.2 Å². The molecule has 0 spiro atoms. The number of nitrogen functional groups attached to an aromatic ring is 2. The van der Waals surface area contributed by atoms with Crippen molar-refractivity contribution in [2.45, 2.75) is 18.0 Å². The first-order valence-corrected chi connectivity index (χ1v) is 13.2. The number of β-lactam (4-membered cyclic amide) rings is 1. The minimum atomic E-state index is -1.20. The number of carbonyl (C=O) groups is 3. The summed E-state index contributed by atoms with van der Waals surface area (Å²) in [4.78, 5) is 55.3. The predicted molar refractivity (Wildman–Crippen MR) is 136 cm³/mol. The van der Waals surface area contributed by atoms with E-state index >= 15 is 0 Å². The van der Waals surface area contributed by atoms with E-state index in [9.17, 15) is 19.5 Å². The lowest BCUT2D eigenvalue weighted by atomic mass is 10.0. The molecule has 188 valence electrons. The molecule has 3 aliphatic heterocycles. The van der Waals surface area contributed by atoms with Crippen LogP contribution < -0.4 is 16.8 Å². The van der Waals surface area contributed by atoms with Crippen molar-refractivity contribution in [2.24, 2.45) is 5.16 Å². The Labute approximate surface area is 216 Å². The van der Waals surface area contributed by atoms with Crippen LogP contribution in [0.2, 0.25) is 0 Å². The molecule has 16 heteroatoms. The van der Waals surface area contributed by atoms with E-state index in [1.54, 1.807) is 5.38 Å². The van der Waals surface area contributed by atoms with Gasteiger partial charge < -0.3 is 31.6 Å². The van der Waals surface area contributed by atoms with Gasteiger partial charge in [0.25, 0.3) is 11.8 Å². The van der Waals surface area contributed by atoms with Crippen LogP contribution in [0.25, 0.3) is 6.08 Å². The number of fused-ring (bicyclic) bond motifs is 2. The first kappa shape index (κ1) is 24.1. The van der Waals surface area contributed by atoms with Crippen LogP contribution >= 0.6 is 34.4 Å². The summed E-state index contributed by atoms with van der Waals surface area (Å²) >= 11 is 3.90. The van der Waals surface area contributed by atoms with Crippen molar-refractivity contribution in [2.75, 3.05) is 30.9 Å². The highest BCUT2D eigenvalue weighted by Gasteiger charge is 2.54. The fraction of sp³-hybridized carbons (Fsp3) is 0.300. The van der Waals surface area contributed by atoms with Gasteiger partial charge in [0.15, 0.2) is 16.0 Å². The van der Waals surface area contributed by atoms with Gasteiger partial charge in [-0.05, 0) is 11.6 Å². The Morgan fingerprint density at radius 1 is 1.33 bits per heavy atom. The van der Waals surface area contributed by atoms with Crippen molar-refractivity contribution in [3.05, 3.63) is 39.1 Å². The van der Waals surface area contributed by atoms with Gasteiger partial charge in [-0.3, -0.25) is 14.5 Å². The number of carbonyl (C=O) groups excluding carboxylic acids is 2. The number of hydrogen-bond donors (Lipinski definition) is 4. The zero-order valence-electron chi connectivity index (χ0n) is 18.7. The van der Waals surface area contributed by atoms with Crippen molar-refractivity contribution in [3.63, 3.8) is 0 Å². The molecule has 1 unspecified atom stereocenters. The van der Waals surface area contributed by atoms with E-state index in [0.29, 0.717) is 29.5 Å². The second kappa shape index (κ2) is 9.44. The number of oxime groups is 1. The van der Waals surface area contributed by atoms with Gasteiger partial charge in [0.1, 0.15) is 29.9 Å². The van der Waals surface area contributed by atoms with Crippen molar-refractivity contribution in [3.8, 4) is 0 Å². The molecule has 1 fully saturated rings. The van der Waals surface area contributed by atoms with Crippen molar-refractivity contribution >= 4 is 74.3 Å². The molecule has 5 heterocycles. The third-order valence-electron chi connectivity index (χ3n) is 5.63. The molecule has 0 bridgehead atoms. The molecule has 2 aromatic heterocycles. The molecule has 6 N–H and O–H groups in total. The van der Waals surface area contributed by atoms with Gasteiger partial charge in [0.05, 0.1) is 17.1 Å². The number of thioether (sulfide) groups is 1. The third-order valence-corrected chi connectivity index (χ3v) is 8.53. The Hall–Kier alpha value is -3.63. The number of aliphatic carboxylic acids is 1. The maximum atomic E-state index is 13.0. The smallest absolute Gasteiger partial charge is 0.352 e. The summed E-state index contributed by atoms with van der Waals surface area (Å²) in [7, 11) is 1.28. The molecule has 5 rings (SSSR count). The van der Waals surface area contributed by atoms with Gasteiger partial charge in [-0.25, -0.2) is 14.8 Å². The van der Waals surface area contributed by atoms with Crippen LogP contribution in [-0.4, -0.2) is 79.2 Å². The number of amides is 2. The number of anilines is 2. The summed E-state index contributed by atoms with van der Waals surface area (Å²) in [6.45, 7) is 0.796. The summed E-state index contributed by atoms with van der Waals surface area (Å²) in [5.74, 6) is -2.02. The fourth-order valence-corrected chi connectivity index (χ4v) is 6.73. The van der Waals surface area contributed by atoms with Crippen LogP contribution in [0.5, 0.6) is 0 Å². The van der Waals surface area contributed by atoms with Crippen molar-refractivity contribution in [1.29, 1.82) is 0 Å². The number of carboxylic acid groups (broad SMARTS) is 1. The molecule has 13 nitrogen and oxygen atoms in total. The first-order valence-electron chi connectivity index (χ1n) is 10.5. The molecule has 3 aliphatic rings. The second-order valence-electron chi connectivity index (χ2n) is 7.90. The van der Waals surface area contributed by atoms with E-state index in [1.807, 2.05) is 17.2 Å². The highest BCUT2D eigenvalue weighted by atomic mass is 32.2. The molecule has 2 atom stereocenters. The Kier molecular flexibility index (Phi) is 6.31. The number of aromatic nitrogens is 2. The summed E-state index contributed by atoms with van der Waals surface area (Å²) < 4.78 is 0. The van der Waals surface area contributed by atoms with Crippen LogP contribution in [0, 0.1) is 0 Å². The molecule has 2 amide bonds. The third kappa shape index (κ3) is 4.27. The van der Waals surface area contributed by atoms with Crippen molar-refractivity contribution in [1.82, 2.24) is 25.1 Å². The molecule has 0 aliphatic carbocycles. The van der Waals surface area contributed by atoms with Gasteiger partial charge in [-0.1, -0.05) is 16.5 Å². The molecule has 36 heavy (non-hydrogen) atoms. The van der Waals surface area contributed by atoms with Crippen LogP contribution in [0.4, 0.5) is 10.3 Å². The number of carboxylic acids is 1. The molecule has 0 aromatic carbocycles. The minimum Gasteiger partial charge on any atom is -0.477 e. The average Bonchev–Trinajstić information content (AvgIpc) is 3.44. The number of rotatable bonds is 7. The quantitative estimate of drug-likeness (QED) is 0.212. The maximum Gasteiger partial charge on any atom is 0.352 e. The molecular weight excluding hydrogens is 528 g/mol. The van der Waals surface area contributed by atoms with E-state index in [1.165, 1.54) is 35.1 Å². The highest BCUT2D eigenvalue weighted by molar-refractivity contribution is 8.00. The van der Waals surface area contributed by atoms with Gasteiger partial charge in [-0.15, -0.1) is 23.1 Å². The number of nitrogens with one attached hydrogen (secondary N) is 1. The predicted octanol–water partition coefficient (Wildman–Crippen LogP) is 0.340. The molecule has 0 radical (unpaired) electrons. The summed E-state index contributed by atoms with van der Waals surface area (Å²) in [5.41, 5.74) is 12.9. The summed E-state index contributed by atoms with van der Waals surface area (Å²) in [5, 5.41) is 18.0. The van der Waals surface area contributed by atoms with Gasteiger partial charge in [0, 0.05) is 23.9 Å². The Bertz CT molecular complexity index is 1350. The molecule has 0 saturated carbocycles. The zero-order chi connectivity index (χ0) is 25.6. The van der Waals surface area contributed by atoms with E-state index in [4.69, 9.17) is 16.3 Å². The van der Waals surface area contributed by atoms with Gasteiger partial charge in [0.2, 0.25) is 0 Å². The standard InChI is InChI=1S/C20H20N8O5S3/c1-33-26-12(10-7-35-19(21)24-10)15(29)25-13-16(30)28-14(18(31)32)8(6-34-17(13)28)4-27-3-2-11-9(5-27)23-20(22)36-11/h2-3,7,13,17H,4-6H2,1H3,(H2,21,24)(H2,22,23)(H,25,29)(H,31,32)/b26-12-/t13?,17-/m1/s1. The topological polar surface area (TPSA) is 189 Å². The van der Waals surface area contributed by atoms with Crippen LogP contribution in [0.3, 0.4) is 0 Å². The SMILES string of the molecule is CO/N=C(\C(=O)NC1C(=O)N2C(C(=O)O)=C(CN3C=Cc4sc(N)nc4C3)CS[C@H]12)c1csc(N)n1. The first-order chi connectivity index (χ1) is 17.3. The van der Waals surface area contributed by atoms with E-state index in [0.717, 1.165) is 21.9 Å². The molecule has 1 saturated heterocycles. The van der Waals surface area contributed by atoms with Crippen LogP contribution in [-0.2, 0) is 25.8 Å². The molecule has 2 aromatic rings. The Balaban J connectivity index is 1.31. The highest BCUT2D eigenvalue weighted by Crippen LogP contribution is 2.41. The normalized spacial score (nSPS) is 21.1. The van der Waals surface area contributed by atoms with E-state index in [2.05, 4.69) is 20.4 Å². The van der Waals surface area contributed by atoms with Crippen LogP contribution in [0.1, 0.15) is 16.3 Å². The number of thiazole rings is 2. The lowest BCUT2D eigenvalue weighted by molar-refractivity contribution is -0.150. The zero-order valence-corrected chi connectivity index (χ0v) is 21.2. The minimum absolute atomic E-state index is 0.0655. The lowest BCUT2D eigenvalue weighted by Crippen LogP contribution is -2.71. The van der Waals surface area contributed by atoms with Gasteiger partial charge in [-0.2, -0.15) is 0 Å². The fourth-order valence-electron chi connectivity index (χ4n) is 4.10. The number of nitrogens with two attached hydrogens (primary N) is 2. The average molecular weight is 549 g/mol. The monoisotopic (exact) mass is 548 g/mol. The van der Waals surface area contributed by atoms with E-state index < -0.39 is 29.2 Å². The van der Waals surface area contributed by atoms with Crippen LogP contribution in [0.15, 0.2) is 28.0 Å². The van der Waals surface area contributed by atoms with Crippen molar-refractivity contribution < 1.29 is 24.3 Å². The lowest BCUT2D eigenvalue weighted by Gasteiger charge is -2.49. The van der Waals surface area contributed by atoms with Gasteiger partial charge >= 0.3 is 5.97 Å². The Morgan fingerprint density at radius 3 is 2.83 bits per heavy atom.